The second kappa shape index (κ2) is 4.56. The quantitative estimate of drug-likeness (QED) is 0.583. The van der Waals surface area contributed by atoms with Crippen LogP contribution in [0.2, 0.25) is 0 Å². The Kier molecular flexibility index (Phi) is 3.04. The fraction of sp³-hybridized carbons (Fsp3) is 0.200. The molecule has 0 unspecified atom stereocenters. The monoisotopic (exact) mass is 273 g/mol. The van der Waals surface area contributed by atoms with E-state index in [2.05, 4.69) is 68.2 Å². The Morgan fingerprint density at radius 2 is 1.89 bits per heavy atom. The number of hydrogen-bond acceptors (Lipinski definition) is 3. The third-order valence-corrected chi connectivity index (χ3v) is 4.61. The van der Waals surface area contributed by atoms with Crippen molar-refractivity contribution < 1.29 is 0 Å². The van der Waals surface area contributed by atoms with Gasteiger partial charge in [0.05, 0.1) is 11.4 Å². The molecule has 1 N–H and O–H groups in total. The highest BCUT2D eigenvalue weighted by Gasteiger charge is 2.18. The van der Waals surface area contributed by atoms with Gasteiger partial charge in [0.25, 0.3) is 0 Å². The van der Waals surface area contributed by atoms with Crippen molar-refractivity contribution in [2.45, 2.75) is 34.5 Å². The average Bonchev–Trinajstić information content (AvgIpc) is 2.36. The van der Waals surface area contributed by atoms with E-state index in [1.807, 2.05) is 11.8 Å². The van der Waals surface area contributed by atoms with Crippen molar-refractivity contribution in [2.75, 3.05) is 5.32 Å². The van der Waals surface area contributed by atoms with Gasteiger partial charge >= 0.3 is 0 Å². The first-order valence-corrected chi connectivity index (χ1v) is 7.32. The molecular weight excluding hydrogens is 258 g/mol. The molecule has 2 aromatic rings. The van der Waals surface area contributed by atoms with E-state index in [1.165, 1.54) is 21.0 Å². The van der Waals surface area contributed by atoms with Crippen LogP contribution in [0.25, 0.3) is 0 Å². The van der Waals surface area contributed by atoms with Gasteiger partial charge in [-0.3, -0.25) is 0 Å². The van der Waals surface area contributed by atoms with Gasteiger partial charge in [0.2, 0.25) is 0 Å². The minimum absolute atomic E-state index is 0.527. The molecule has 0 saturated heterocycles. The molecule has 0 amide bonds. The van der Waals surface area contributed by atoms with Gasteiger partial charge in [0.1, 0.15) is 0 Å². The van der Waals surface area contributed by atoms with Gasteiger partial charge in [-0.15, -0.1) is 12.6 Å². The van der Waals surface area contributed by atoms with Crippen molar-refractivity contribution in [3.05, 3.63) is 42.0 Å². The maximum atomic E-state index is 4.62. The van der Waals surface area contributed by atoms with Gasteiger partial charge in [-0.2, -0.15) is 0 Å². The maximum absolute atomic E-state index is 4.62. The summed E-state index contributed by atoms with van der Waals surface area (Å²) in [7, 11) is 0. The van der Waals surface area contributed by atoms with Crippen molar-refractivity contribution in [3.8, 4) is 0 Å². The molecule has 3 heteroatoms. The van der Waals surface area contributed by atoms with Crippen LogP contribution in [-0.4, -0.2) is 0 Å². The Hall–Kier alpha value is -1.06. The lowest BCUT2D eigenvalue weighted by atomic mass is 10.0. The number of thiol groups is 1. The molecule has 2 aromatic carbocycles. The molecule has 0 fully saturated rings. The number of hydrogen-bond donors (Lipinski definition) is 2. The van der Waals surface area contributed by atoms with Crippen molar-refractivity contribution in [1.82, 2.24) is 0 Å². The first-order valence-electron chi connectivity index (χ1n) is 6.06. The van der Waals surface area contributed by atoms with E-state index in [4.69, 9.17) is 0 Å². The Labute approximate surface area is 117 Å². The smallest absolute Gasteiger partial charge is 0.0662 e. The highest BCUT2D eigenvalue weighted by Crippen LogP contribution is 2.47. The fourth-order valence-corrected chi connectivity index (χ4v) is 3.54. The van der Waals surface area contributed by atoms with Crippen LogP contribution < -0.4 is 5.32 Å². The molecule has 1 heterocycles. The van der Waals surface area contributed by atoms with E-state index in [0.717, 1.165) is 10.6 Å². The SMILES string of the molecule is CC(C)c1cc(S)c2c(c1)Sc1ccccc1N2. The van der Waals surface area contributed by atoms with E-state index < -0.39 is 0 Å². The van der Waals surface area contributed by atoms with Gasteiger partial charge in [-0.25, -0.2) is 0 Å². The third kappa shape index (κ3) is 2.02. The van der Waals surface area contributed by atoms with Gasteiger partial charge in [0, 0.05) is 14.7 Å². The largest absolute Gasteiger partial charge is 0.353 e. The van der Waals surface area contributed by atoms with Crippen LogP contribution >= 0.6 is 24.4 Å². The molecule has 1 aliphatic heterocycles. The molecular formula is C15H15NS2. The first kappa shape index (κ1) is 12.0. The summed E-state index contributed by atoms with van der Waals surface area (Å²) in [5.41, 5.74) is 3.64. The molecule has 0 atom stereocenters. The molecule has 18 heavy (non-hydrogen) atoms. The number of benzene rings is 2. The highest BCUT2D eigenvalue weighted by molar-refractivity contribution is 7.99. The van der Waals surface area contributed by atoms with Gasteiger partial charge < -0.3 is 5.32 Å². The van der Waals surface area contributed by atoms with Crippen molar-refractivity contribution in [3.63, 3.8) is 0 Å². The molecule has 0 spiro atoms. The van der Waals surface area contributed by atoms with Crippen LogP contribution in [0.1, 0.15) is 25.3 Å². The third-order valence-electron chi connectivity index (χ3n) is 3.14. The van der Waals surface area contributed by atoms with Crippen molar-refractivity contribution in [2.24, 2.45) is 0 Å². The highest BCUT2D eigenvalue weighted by atomic mass is 32.2. The van der Waals surface area contributed by atoms with Gasteiger partial charge in [-0.05, 0) is 35.7 Å². The zero-order valence-corrected chi connectivity index (χ0v) is 12.1. The van der Waals surface area contributed by atoms with Crippen LogP contribution in [0.15, 0.2) is 51.1 Å². The fourth-order valence-electron chi connectivity index (χ4n) is 2.07. The molecule has 1 nitrogen and oxygen atoms in total. The molecule has 92 valence electrons. The topological polar surface area (TPSA) is 12.0 Å². The van der Waals surface area contributed by atoms with Gasteiger partial charge in [-0.1, -0.05) is 37.7 Å². The zero-order valence-electron chi connectivity index (χ0n) is 10.4. The lowest BCUT2D eigenvalue weighted by Crippen LogP contribution is -2.02. The summed E-state index contributed by atoms with van der Waals surface area (Å²) < 4.78 is 0. The average molecular weight is 273 g/mol. The summed E-state index contributed by atoms with van der Waals surface area (Å²) in [6.45, 7) is 4.42. The van der Waals surface area contributed by atoms with Crippen molar-refractivity contribution in [1.29, 1.82) is 0 Å². The summed E-state index contributed by atoms with van der Waals surface area (Å²) in [6.07, 6.45) is 0. The summed E-state index contributed by atoms with van der Waals surface area (Å²) in [4.78, 5) is 3.57. The lowest BCUT2D eigenvalue weighted by molar-refractivity contribution is 0.857. The summed E-state index contributed by atoms with van der Waals surface area (Å²) in [5.74, 6) is 0.527. The normalized spacial score (nSPS) is 12.9. The number of nitrogens with one attached hydrogen (secondary N) is 1. The number of anilines is 2. The van der Waals surface area contributed by atoms with E-state index in [9.17, 15) is 0 Å². The molecule has 1 aliphatic rings. The molecule has 3 rings (SSSR count). The molecule has 0 radical (unpaired) electrons. The number of fused-ring (bicyclic) bond motifs is 2. The predicted octanol–water partition coefficient (Wildman–Crippen LogP) is 5.31. The summed E-state index contributed by atoms with van der Waals surface area (Å²) in [6, 6.07) is 12.8. The second-order valence-electron chi connectivity index (χ2n) is 4.79. The Morgan fingerprint density at radius 1 is 1.11 bits per heavy atom. The second-order valence-corrected chi connectivity index (χ2v) is 6.36. The van der Waals surface area contributed by atoms with E-state index in [1.54, 1.807) is 0 Å². The Bertz CT molecular complexity index is 605. The van der Waals surface area contributed by atoms with Crippen LogP contribution in [0.3, 0.4) is 0 Å². The standard InChI is InChI=1S/C15H15NS2/c1-9(2)10-7-12(17)15-14(8-10)18-13-6-4-3-5-11(13)16-15/h3-9,16-17H,1-2H3. The first-order chi connectivity index (χ1) is 8.65. The molecule has 0 saturated carbocycles. The van der Waals surface area contributed by atoms with Crippen molar-refractivity contribution >= 4 is 35.8 Å². The predicted molar refractivity (Wildman–Crippen MR) is 81.6 cm³/mol. The van der Waals surface area contributed by atoms with E-state index in [-0.39, 0.29) is 0 Å². The summed E-state index contributed by atoms with van der Waals surface area (Å²) >= 11 is 6.43. The molecule has 0 aromatic heterocycles. The molecule has 0 aliphatic carbocycles. The van der Waals surface area contributed by atoms with Crippen LogP contribution in [0.5, 0.6) is 0 Å². The Morgan fingerprint density at radius 3 is 2.67 bits per heavy atom. The van der Waals surface area contributed by atoms with E-state index in [0.29, 0.717) is 5.92 Å². The van der Waals surface area contributed by atoms with Crippen LogP contribution in [-0.2, 0) is 0 Å². The number of para-hydroxylation sites is 1. The lowest BCUT2D eigenvalue weighted by Gasteiger charge is -2.23. The minimum Gasteiger partial charge on any atom is -0.353 e. The summed E-state index contributed by atoms with van der Waals surface area (Å²) in [5, 5.41) is 3.48. The molecule has 0 bridgehead atoms. The Balaban J connectivity index is 2.10. The van der Waals surface area contributed by atoms with Crippen LogP contribution in [0.4, 0.5) is 11.4 Å². The minimum atomic E-state index is 0.527. The van der Waals surface area contributed by atoms with Crippen LogP contribution in [0, 0.1) is 0 Å². The van der Waals surface area contributed by atoms with E-state index >= 15 is 0 Å². The number of rotatable bonds is 1. The zero-order chi connectivity index (χ0) is 12.7. The van der Waals surface area contributed by atoms with Gasteiger partial charge in [0.15, 0.2) is 0 Å². The maximum Gasteiger partial charge on any atom is 0.0662 e.